The third kappa shape index (κ3) is 3.89. The molecule has 2 nitrogen and oxygen atoms in total. The first-order valence-corrected chi connectivity index (χ1v) is 13.6. The summed E-state index contributed by atoms with van der Waals surface area (Å²) in [5, 5.41) is 12.3. The molecule has 2 heterocycles. The van der Waals surface area contributed by atoms with Gasteiger partial charge in [-0.05, 0) is 0 Å². The molecule has 0 saturated carbocycles. The molecule has 178 valence electrons. The number of pyridine rings is 1. The molecule has 0 radical (unpaired) electrons. The van der Waals surface area contributed by atoms with Gasteiger partial charge in [0.1, 0.15) is 0 Å². The van der Waals surface area contributed by atoms with Crippen LogP contribution in [0.1, 0.15) is 20.8 Å². The van der Waals surface area contributed by atoms with Crippen LogP contribution in [0.4, 0.5) is 4.39 Å². The van der Waals surface area contributed by atoms with Crippen molar-refractivity contribution < 1.29 is 13.1 Å². The Morgan fingerprint density at radius 3 is 2.27 bits per heavy atom. The number of aryl methyl sites for hydroxylation is 3. The standard InChI is InChI=1S/C33H24FN2Se/c1-20-12-14-26-27-15-13-25(18-35)31(24-11-7-10-23(16-24)22-8-5-4-6-9-22)33(27)37-32(26)30(20)29-17-28(34)21(2)19-36(29)3/h4-17,19H,1-3H3/q+1/i2D3. The fourth-order valence-corrected chi connectivity index (χ4v) is 8.16. The van der Waals surface area contributed by atoms with E-state index in [1.165, 1.54) is 12.3 Å². The van der Waals surface area contributed by atoms with Crippen LogP contribution in [0.3, 0.4) is 0 Å². The summed E-state index contributed by atoms with van der Waals surface area (Å²) in [7, 11) is 1.76. The molecule has 37 heavy (non-hydrogen) atoms. The predicted octanol–water partition coefficient (Wildman–Crippen LogP) is 7.50. The van der Waals surface area contributed by atoms with Crippen LogP contribution in [-0.2, 0) is 7.05 Å². The van der Waals surface area contributed by atoms with Crippen LogP contribution in [0.25, 0.3) is 52.8 Å². The number of nitrogens with zero attached hydrogens (tertiary/aromatic N) is 2. The molecule has 0 N–H and O–H groups in total. The van der Waals surface area contributed by atoms with E-state index in [1.54, 1.807) is 11.6 Å². The Hall–Kier alpha value is -4.03. The molecule has 0 fully saturated rings. The van der Waals surface area contributed by atoms with Gasteiger partial charge in [0.05, 0.1) is 0 Å². The summed E-state index contributed by atoms with van der Waals surface area (Å²) in [5.74, 6) is -0.738. The Kier molecular flexibility index (Phi) is 4.95. The van der Waals surface area contributed by atoms with Gasteiger partial charge in [0.15, 0.2) is 0 Å². The van der Waals surface area contributed by atoms with E-state index >= 15 is 4.39 Å². The summed E-state index contributed by atoms with van der Waals surface area (Å²) < 4.78 is 42.2. The summed E-state index contributed by atoms with van der Waals surface area (Å²) in [6, 6.07) is 30.3. The van der Waals surface area contributed by atoms with Crippen LogP contribution in [0.5, 0.6) is 0 Å². The molecule has 2 aromatic heterocycles. The molecule has 0 unspecified atom stereocenters. The van der Waals surface area contributed by atoms with Gasteiger partial charge in [-0.3, -0.25) is 0 Å². The number of aromatic nitrogens is 1. The molecular formula is C33H24FN2Se+. The van der Waals surface area contributed by atoms with Crippen LogP contribution < -0.4 is 4.57 Å². The van der Waals surface area contributed by atoms with Crippen LogP contribution >= 0.6 is 0 Å². The molecule has 0 amide bonds. The van der Waals surface area contributed by atoms with E-state index in [0.29, 0.717) is 11.3 Å². The van der Waals surface area contributed by atoms with Gasteiger partial charge in [0.25, 0.3) is 0 Å². The van der Waals surface area contributed by atoms with E-state index in [9.17, 15) is 5.26 Å². The van der Waals surface area contributed by atoms with Crippen molar-refractivity contribution >= 4 is 33.8 Å². The molecule has 0 atom stereocenters. The summed E-state index contributed by atoms with van der Waals surface area (Å²) in [6.45, 7) is -0.541. The van der Waals surface area contributed by atoms with Crippen molar-refractivity contribution in [2.75, 3.05) is 0 Å². The second kappa shape index (κ2) is 9.12. The minimum absolute atomic E-state index is 0.177. The molecular weight excluding hydrogens is 522 g/mol. The Balaban J connectivity index is 1.63. The normalized spacial score (nSPS) is 12.8. The average Bonchev–Trinajstić information content (AvgIpc) is 3.32. The van der Waals surface area contributed by atoms with Gasteiger partial charge >= 0.3 is 226 Å². The van der Waals surface area contributed by atoms with E-state index < -0.39 is 12.7 Å². The molecule has 6 aromatic rings. The molecule has 0 aliphatic rings. The van der Waals surface area contributed by atoms with Gasteiger partial charge in [-0.25, -0.2) is 0 Å². The number of fused-ring (bicyclic) bond motifs is 3. The van der Waals surface area contributed by atoms with Crippen molar-refractivity contribution in [1.82, 2.24) is 0 Å². The van der Waals surface area contributed by atoms with E-state index in [4.69, 9.17) is 4.11 Å². The molecule has 0 aliphatic heterocycles. The summed E-state index contributed by atoms with van der Waals surface area (Å²) in [6.07, 6.45) is 1.37. The number of rotatable bonds is 3. The van der Waals surface area contributed by atoms with Gasteiger partial charge < -0.3 is 0 Å². The summed E-state index contributed by atoms with van der Waals surface area (Å²) in [4.78, 5) is 0. The van der Waals surface area contributed by atoms with Crippen molar-refractivity contribution in [3.8, 4) is 39.6 Å². The summed E-state index contributed by atoms with van der Waals surface area (Å²) in [5.41, 5.74) is 6.96. The van der Waals surface area contributed by atoms with Crippen molar-refractivity contribution in [2.24, 2.45) is 7.05 Å². The van der Waals surface area contributed by atoms with Crippen molar-refractivity contribution in [2.45, 2.75) is 13.8 Å². The molecule has 0 aliphatic carbocycles. The first-order valence-electron chi connectivity index (χ1n) is 13.4. The Morgan fingerprint density at radius 2 is 1.51 bits per heavy atom. The number of benzene rings is 4. The van der Waals surface area contributed by atoms with E-state index in [2.05, 4.69) is 42.5 Å². The average molecular weight is 550 g/mol. The van der Waals surface area contributed by atoms with Crippen LogP contribution in [-0.4, -0.2) is 14.5 Å². The first-order chi connectivity index (χ1) is 19.2. The second-order valence-electron chi connectivity index (χ2n) is 9.19. The number of hydrogen-bond donors (Lipinski definition) is 0. The van der Waals surface area contributed by atoms with Crippen LogP contribution in [0, 0.1) is 30.9 Å². The maximum atomic E-state index is 15.1. The van der Waals surface area contributed by atoms with Gasteiger partial charge in [0.2, 0.25) is 0 Å². The predicted molar refractivity (Wildman–Crippen MR) is 150 cm³/mol. The Bertz CT molecular complexity index is 1990. The fraction of sp³-hybridized carbons (Fsp3) is 0.0909. The quantitative estimate of drug-likeness (QED) is 0.166. The SMILES string of the molecule is [2H]C([2H])([2H])c1c[n+](C)c(-c2c(C)ccc3c2[se]c2c(-c4cccc(-c5ccccc5)c4)c(C#N)ccc23)cc1F. The number of hydrogen-bond acceptors (Lipinski definition) is 1. The van der Waals surface area contributed by atoms with Crippen molar-refractivity contribution in [1.29, 1.82) is 5.26 Å². The third-order valence-corrected chi connectivity index (χ3v) is 9.51. The first kappa shape index (κ1) is 20.1. The van der Waals surface area contributed by atoms with Crippen LogP contribution in [0.2, 0.25) is 0 Å². The van der Waals surface area contributed by atoms with Gasteiger partial charge in [0, 0.05) is 0 Å². The number of halogens is 1. The van der Waals surface area contributed by atoms with Gasteiger partial charge in [-0.1, -0.05) is 0 Å². The van der Waals surface area contributed by atoms with Crippen LogP contribution in [0.15, 0.2) is 91.1 Å². The molecule has 0 saturated heterocycles. The molecule has 4 heteroatoms. The Morgan fingerprint density at radius 1 is 0.811 bits per heavy atom. The monoisotopic (exact) mass is 550 g/mol. The van der Waals surface area contributed by atoms with Crippen molar-refractivity contribution in [3.05, 3.63) is 114 Å². The third-order valence-electron chi connectivity index (χ3n) is 6.88. The minimum atomic E-state index is -2.54. The number of nitriles is 1. The molecule has 0 bridgehead atoms. The van der Waals surface area contributed by atoms with Gasteiger partial charge in [-0.15, -0.1) is 0 Å². The fourth-order valence-electron chi connectivity index (χ4n) is 5.06. The van der Waals surface area contributed by atoms with E-state index in [1.807, 2.05) is 49.4 Å². The zero-order chi connectivity index (χ0) is 28.2. The second-order valence-corrected chi connectivity index (χ2v) is 11.3. The maximum absolute atomic E-state index is 15.1. The summed E-state index contributed by atoms with van der Waals surface area (Å²) >= 11 is -0.177. The molecule has 6 rings (SSSR count). The zero-order valence-electron chi connectivity index (χ0n) is 23.3. The molecule has 4 aromatic carbocycles. The molecule has 0 spiro atoms. The Labute approximate surface area is 225 Å². The van der Waals surface area contributed by atoms with E-state index in [-0.39, 0.29) is 20.1 Å². The van der Waals surface area contributed by atoms with Gasteiger partial charge in [-0.2, -0.15) is 0 Å². The topological polar surface area (TPSA) is 27.7 Å². The van der Waals surface area contributed by atoms with E-state index in [0.717, 1.165) is 52.7 Å². The van der Waals surface area contributed by atoms with Crippen molar-refractivity contribution in [3.63, 3.8) is 0 Å². The zero-order valence-corrected chi connectivity index (χ0v) is 22.1.